The standard InChI is InChI=1S/C26H31NO/c1-6-12-20(4)17-24(8-3)27-19-23-16-21(5)18-25(26(23)28-15-7-2)22-13-10-9-11-14-22/h8-14,16-19H,3,6-7,15H2,1-2,4-5H3/b20-12-,24-17+,27-19?. The second kappa shape index (κ2) is 11.1. The molecule has 2 heteroatoms. The van der Waals surface area contributed by atoms with E-state index in [1.807, 2.05) is 18.4 Å². The molecule has 0 unspecified atom stereocenters. The molecule has 0 radical (unpaired) electrons. The Morgan fingerprint density at radius 3 is 2.54 bits per heavy atom. The number of hydrogen-bond donors (Lipinski definition) is 0. The SMILES string of the molecule is C=C/C(=C\C(C)=C/CC)N=Cc1cc(C)cc(-c2ccccc2)c1OCCC. The van der Waals surface area contributed by atoms with Gasteiger partial charge in [0.05, 0.1) is 12.3 Å². The summed E-state index contributed by atoms with van der Waals surface area (Å²) in [5.74, 6) is 0.881. The maximum absolute atomic E-state index is 6.16. The quantitative estimate of drug-likeness (QED) is 0.334. The number of hydrogen-bond acceptors (Lipinski definition) is 2. The van der Waals surface area contributed by atoms with Gasteiger partial charge in [-0.25, -0.2) is 0 Å². The fourth-order valence-corrected chi connectivity index (χ4v) is 3.00. The number of aryl methyl sites for hydroxylation is 1. The molecular formula is C26H31NO. The lowest BCUT2D eigenvalue weighted by Crippen LogP contribution is -2.02. The third kappa shape index (κ3) is 6.09. The Labute approximate surface area is 170 Å². The molecule has 0 aliphatic heterocycles. The topological polar surface area (TPSA) is 21.6 Å². The highest BCUT2D eigenvalue weighted by molar-refractivity contribution is 5.90. The van der Waals surface area contributed by atoms with E-state index in [1.165, 1.54) is 11.1 Å². The summed E-state index contributed by atoms with van der Waals surface area (Å²) >= 11 is 0. The molecule has 0 aliphatic rings. The molecule has 2 nitrogen and oxygen atoms in total. The zero-order valence-corrected chi connectivity index (χ0v) is 17.5. The normalized spacial score (nSPS) is 12.4. The molecule has 0 spiro atoms. The van der Waals surface area contributed by atoms with Crippen molar-refractivity contribution in [3.8, 4) is 16.9 Å². The minimum Gasteiger partial charge on any atom is -0.492 e. The highest BCUT2D eigenvalue weighted by Crippen LogP contribution is 2.34. The van der Waals surface area contributed by atoms with E-state index in [0.717, 1.165) is 41.0 Å². The number of rotatable bonds is 9. The molecule has 0 saturated heterocycles. The first-order valence-corrected chi connectivity index (χ1v) is 9.96. The zero-order chi connectivity index (χ0) is 20.4. The average molecular weight is 374 g/mol. The summed E-state index contributed by atoms with van der Waals surface area (Å²) in [4.78, 5) is 4.68. The first-order chi connectivity index (χ1) is 13.6. The Hall–Kier alpha value is -2.87. The molecule has 2 aromatic carbocycles. The van der Waals surface area contributed by atoms with Crippen LogP contribution in [0.15, 0.2) is 83.5 Å². The lowest BCUT2D eigenvalue weighted by molar-refractivity contribution is 0.318. The van der Waals surface area contributed by atoms with Crippen LogP contribution in [0.1, 0.15) is 44.7 Å². The van der Waals surface area contributed by atoms with Crippen LogP contribution in [0.5, 0.6) is 5.75 Å². The van der Waals surface area contributed by atoms with Crippen LogP contribution in [-0.4, -0.2) is 12.8 Å². The van der Waals surface area contributed by atoms with E-state index in [9.17, 15) is 0 Å². The molecular weight excluding hydrogens is 342 g/mol. The van der Waals surface area contributed by atoms with Gasteiger partial charge in [0.2, 0.25) is 0 Å². The lowest BCUT2D eigenvalue weighted by atomic mass is 9.99. The highest BCUT2D eigenvalue weighted by atomic mass is 16.5. The minimum absolute atomic E-state index is 0.673. The van der Waals surface area contributed by atoms with E-state index in [4.69, 9.17) is 4.74 Å². The summed E-state index contributed by atoms with van der Waals surface area (Å²) in [6.45, 7) is 13.0. The summed E-state index contributed by atoms with van der Waals surface area (Å²) in [7, 11) is 0. The van der Waals surface area contributed by atoms with Crippen LogP contribution in [0.25, 0.3) is 11.1 Å². The van der Waals surface area contributed by atoms with Crippen molar-refractivity contribution < 1.29 is 4.74 Å². The summed E-state index contributed by atoms with van der Waals surface area (Å²) < 4.78 is 6.16. The van der Waals surface area contributed by atoms with E-state index in [1.54, 1.807) is 6.08 Å². The van der Waals surface area contributed by atoms with Crippen LogP contribution < -0.4 is 4.74 Å². The average Bonchev–Trinajstić information content (AvgIpc) is 2.70. The van der Waals surface area contributed by atoms with Crippen molar-refractivity contribution in [3.63, 3.8) is 0 Å². The largest absolute Gasteiger partial charge is 0.492 e. The number of nitrogens with zero attached hydrogens (tertiary/aromatic N) is 1. The van der Waals surface area contributed by atoms with Crippen molar-refractivity contribution in [1.82, 2.24) is 0 Å². The fourth-order valence-electron chi connectivity index (χ4n) is 3.00. The maximum atomic E-state index is 6.16. The van der Waals surface area contributed by atoms with E-state index < -0.39 is 0 Å². The van der Waals surface area contributed by atoms with Gasteiger partial charge < -0.3 is 4.74 Å². The van der Waals surface area contributed by atoms with E-state index in [-0.39, 0.29) is 0 Å². The van der Waals surface area contributed by atoms with Gasteiger partial charge in [-0.3, -0.25) is 4.99 Å². The van der Waals surface area contributed by atoms with E-state index in [2.05, 4.69) is 81.7 Å². The third-order valence-corrected chi connectivity index (χ3v) is 4.26. The number of ether oxygens (including phenoxy) is 1. The van der Waals surface area contributed by atoms with Crippen molar-refractivity contribution in [2.24, 2.45) is 4.99 Å². The van der Waals surface area contributed by atoms with Gasteiger partial charge in [-0.1, -0.05) is 62.4 Å². The van der Waals surface area contributed by atoms with Crippen LogP contribution in [-0.2, 0) is 0 Å². The minimum atomic E-state index is 0.673. The Kier molecular flexibility index (Phi) is 8.48. The molecule has 146 valence electrons. The molecule has 0 amide bonds. The Bertz CT molecular complexity index is 873. The number of allylic oxidation sites excluding steroid dienone is 4. The molecule has 0 saturated carbocycles. The van der Waals surface area contributed by atoms with Crippen LogP contribution in [0.3, 0.4) is 0 Å². The smallest absolute Gasteiger partial charge is 0.135 e. The van der Waals surface area contributed by atoms with Crippen molar-refractivity contribution in [1.29, 1.82) is 0 Å². The molecule has 0 heterocycles. The van der Waals surface area contributed by atoms with Gasteiger partial charge in [0.1, 0.15) is 5.75 Å². The maximum Gasteiger partial charge on any atom is 0.135 e. The van der Waals surface area contributed by atoms with E-state index >= 15 is 0 Å². The Balaban J connectivity index is 2.52. The van der Waals surface area contributed by atoms with Crippen molar-refractivity contribution in [2.75, 3.05) is 6.61 Å². The molecule has 28 heavy (non-hydrogen) atoms. The fraction of sp³-hybridized carbons (Fsp3) is 0.269. The second-order valence-corrected chi connectivity index (χ2v) is 6.83. The van der Waals surface area contributed by atoms with Crippen LogP contribution >= 0.6 is 0 Å². The van der Waals surface area contributed by atoms with Crippen molar-refractivity contribution in [2.45, 2.75) is 40.5 Å². The summed E-state index contributed by atoms with van der Waals surface area (Å²) in [6.07, 6.45) is 9.85. The molecule has 2 aromatic rings. The third-order valence-electron chi connectivity index (χ3n) is 4.26. The molecule has 0 bridgehead atoms. The second-order valence-electron chi connectivity index (χ2n) is 6.83. The van der Waals surface area contributed by atoms with Crippen LogP contribution in [0.2, 0.25) is 0 Å². The zero-order valence-electron chi connectivity index (χ0n) is 17.5. The van der Waals surface area contributed by atoms with Gasteiger partial charge in [-0.15, -0.1) is 0 Å². The molecule has 2 rings (SSSR count). The van der Waals surface area contributed by atoms with Gasteiger partial charge in [0, 0.05) is 17.3 Å². The molecule has 0 fully saturated rings. The Morgan fingerprint density at radius 1 is 1.14 bits per heavy atom. The first-order valence-electron chi connectivity index (χ1n) is 9.96. The highest BCUT2D eigenvalue weighted by Gasteiger charge is 2.12. The molecule has 0 atom stereocenters. The predicted octanol–water partition coefficient (Wildman–Crippen LogP) is 7.30. The van der Waals surface area contributed by atoms with Crippen molar-refractivity contribution in [3.05, 3.63) is 89.7 Å². The Morgan fingerprint density at radius 2 is 1.89 bits per heavy atom. The summed E-state index contributed by atoms with van der Waals surface area (Å²) in [5.41, 5.74) is 6.43. The molecule has 0 aliphatic carbocycles. The van der Waals surface area contributed by atoms with Gasteiger partial charge in [0.25, 0.3) is 0 Å². The van der Waals surface area contributed by atoms with Crippen molar-refractivity contribution >= 4 is 6.21 Å². The van der Waals surface area contributed by atoms with E-state index in [0.29, 0.717) is 6.61 Å². The van der Waals surface area contributed by atoms with Gasteiger partial charge >= 0.3 is 0 Å². The van der Waals surface area contributed by atoms with Gasteiger partial charge in [-0.05, 0) is 62.1 Å². The lowest BCUT2D eigenvalue weighted by Gasteiger charge is -2.15. The summed E-state index contributed by atoms with van der Waals surface area (Å²) in [5, 5.41) is 0. The summed E-state index contributed by atoms with van der Waals surface area (Å²) in [6, 6.07) is 14.7. The van der Waals surface area contributed by atoms with Gasteiger partial charge in [-0.2, -0.15) is 0 Å². The monoisotopic (exact) mass is 373 g/mol. The first kappa shape index (κ1) is 21.4. The van der Waals surface area contributed by atoms with Crippen LogP contribution in [0, 0.1) is 6.92 Å². The van der Waals surface area contributed by atoms with Crippen LogP contribution in [0.4, 0.5) is 0 Å². The molecule has 0 N–H and O–H groups in total. The number of benzene rings is 2. The number of aliphatic imine (C=N–C) groups is 1. The molecule has 0 aromatic heterocycles. The van der Waals surface area contributed by atoms with Gasteiger partial charge in [0.15, 0.2) is 0 Å². The predicted molar refractivity (Wildman–Crippen MR) is 122 cm³/mol.